The first-order chi connectivity index (χ1) is 7.34. The van der Waals surface area contributed by atoms with Crippen molar-refractivity contribution in [1.82, 2.24) is 9.55 Å². The Hall–Kier alpha value is -0.570. The molecule has 1 fully saturated rings. The number of nitrogens with zero attached hydrogens (tertiary/aromatic N) is 1. The summed E-state index contributed by atoms with van der Waals surface area (Å²) < 4.78 is 3.22. The molecule has 82 valence electrons. The second kappa shape index (κ2) is 3.78. The van der Waals surface area contributed by atoms with Crippen molar-refractivity contribution in [2.45, 2.75) is 45.1 Å². The highest BCUT2D eigenvalue weighted by molar-refractivity contribution is 7.71. The van der Waals surface area contributed by atoms with Crippen molar-refractivity contribution in [2.24, 2.45) is 11.8 Å². The molecule has 0 bridgehead atoms. The fourth-order valence-corrected chi connectivity index (χ4v) is 3.54. The number of fused-ring (bicyclic) bond motifs is 1. The van der Waals surface area contributed by atoms with Gasteiger partial charge in [-0.05, 0) is 30.5 Å². The maximum atomic E-state index is 5.27. The standard InChI is InChI=1S/C12H18N2S/c15-12-13-7-11-6-10(8-14(11)12)9-4-2-1-3-5-9/h7,9-10H,1-6,8H2,(H,13,15). The normalized spacial score (nSPS) is 26.8. The zero-order valence-corrected chi connectivity index (χ0v) is 9.85. The molecule has 1 atom stereocenters. The first kappa shape index (κ1) is 9.64. The third-order valence-electron chi connectivity index (χ3n) is 4.16. The molecular weight excluding hydrogens is 204 g/mol. The van der Waals surface area contributed by atoms with Gasteiger partial charge in [0.05, 0.1) is 0 Å². The van der Waals surface area contributed by atoms with Crippen LogP contribution in [0.15, 0.2) is 6.20 Å². The van der Waals surface area contributed by atoms with E-state index < -0.39 is 0 Å². The lowest BCUT2D eigenvalue weighted by molar-refractivity contribution is 0.244. The number of imidazole rings is 1. The molecule has 1 aliphatic heterocycles. The van der Waals surface area contributed by atoms with Gasteiger partial charge in [-0.25, -0.2) is 0 Å². The summed E-state index contributed by atoms with van der Waals surface area (Å²) in [5.74, 6) is 1.84. The topological polar surface area (TPSA) is 20.7 Å². The van der Waals surface area contributed by atoms with Crippen molar-refractivity contribution < 1.29 is 0 Å². The van der Waals surface area contributed by atoms with E-state index in [0.717, 1.165) is 16.6 Å². The lowest BCUT2D eigenvalue weighted by Crippen LogP contribution is -2.19. The Morgan fingerprint density at radius 2 is 2.00 bits per heavy atom. The molecule has 1 aromatic heterocycles. The zero-order valence-electron chi connectivity index (χ0n) is 9.04. The van der Waals surface area contributed by atoms with Gasteiger partial charge >= 0.3 is 0 Å². The van der Waals surface area contributed by atoms with Gasteiger partial charge in [0.1, 0.15) is 0 Å². The third-order valence-corrected chi connectivity index (χ3v) is 4.50. The van der Waals surface area contributed by atoms with E-state index in [0.29, 0.717) is 0 Å². The average Bonchev–Trinajstić information content (AvgIpc) is 2.83. The van der Waals surface area contributed by atoms with Gasteiger partial charge in [-0.3, -0.25) is 0 Å². The van der Waals surface area contributed by atoms with E-state index >= 15 is 0 Å². The van der Waals surface area contributed by atoms with Gasteiger partial charge < -0.3 is 9.55 Å². The Morgan fingerprint density at radius 3 is 2.73 bits per heavy atom. The van der Waals surface area contributed by atoms with E-state index in [4.69, 9.17) is 12.2 Å². The van der Waals surface area contributed by atoms with E-state index in [1.165, 1.54) is 50.8 Å². The second-order valence-corrected chi connectivity index (χ2v) is 5.44. The molecule has 3 rings (SSSR count). The predicted octanol–water partition coefficient (Wildman–Crippen LogP) is 3.30. The fraction of sp³-hybridized carbons (Fsp3) is 0.750. The molecule has 2 aliphatic rings. The van der Waals surface area contributed by atoms with Gasteiger partial charge in [-0.2, -0.15) is 0 Å². The number of rotatable bonds is 1. The van der Waals surface area contributed by atoms with Crippen molar-refractivity contribution in [3.8, 4) is 0 Å². The third kappa shape index (κ3) is 1.67. The summed E-state index contributed by atoms with van der Waals surface area (Å²) >= 11 is 5.27. The summed E-state index contributed by atoms with van der Waals surface area (Å²) in [7, 11) is 0. The molecule has 15 heavy (non-hydrogen) atoms. The molecule has 2 nitrogen and oxygen atoms in total. The molecule has 1 N–H and O–H groups in total. The summed E-state index contributed by atoms with van der Waals surface area (Å²) in [6.07, 6.45) is 10.6. The Bertz CT molecular complexity index is 398. The lowest BCUT2D eigenvalue weighted by Gasteiger charge is -2.26. The Kier molecular flexibility index (Phi) is 2.43. The maximum Gasteiger partial charge on any atom is 0.177 e. The van der Waals surface area contributed by atoms with E-state index in [-0.39, 0.29) is 0 Å². The number of aromatic amines is 1. The molecule has 0 saturated heterocycles. The Morgan fingerprint density at radius 1 is 1.20 bits per heavy atom. The maximum absolute atomic E-state index is 5.27. The van der Waals surface area contributed by atoms with Crippen LogP contribution < -0.4 is 0 Å². The molecule has 1 unspecified atom stereocenters. The molecule has 0 aromatic carbocycles. The minimum atomic E-state index is 0.872. The summed E-state index contributed by atoms with van der Waals surface area (Å²) in [5, 5.41) is 0. The number of hydrogen-bond acceptors (Lipinski definition) is 1. The predicted molar refractivity (Wildman–Crippen MR) is 63.4 cm³/mol. The smallest absolute Gasteiger partial charge is 0.177 e. The lowest BCUT2D eigenvalue weighted by atomic mass is 9.79. The summed E-state index contributed by atoms with van der Waals surface area (Å²) in [6, 6.07) is 0. The minimum Gasteiger partial charge on any atom is -0.337 e. The molecule has 1 aliphatic carbocycles. The molecule has 1 aromatic rings. The summed E-state index contributed by atoms with van der Waals surface area (Å²) in [6.45, 7) is 1.17. The van der Waals surface area contributed by atoms with Crippen molar-refractivity contribution in [2.75, 3.05) is 0 Å². The van der Waals surface area contributed by atoms with E-state index in [2.05, 4.69) is 15.7 Å². The van der Waals surface area contributed by atoms with Crippen LogP contribution in [0.4, 0.5) is 0 Å². The highest BCUT2D eigenvalue weighted by Gasteiger charge is 2.29. The van der Waals surface area contributed by atoms with Crippen molar-refractivity contribution in [3.05, 3.63) is 16.7 Å². The molecule has 3 heteroatoms. The van der Waals surface area contributed by atoms with Gasteiger partial charge in [-0.15, -0.1) is 0 Å². The molecule has 0 amide bonds. The van der Waals surface area contributed by atoms with Crippen molar-refractivity contribution in [3.63, 3.8) is 0 Å². The largest absolute Gasteiger partial charge is 0.337 e. The van der Waals surface area contributed by atoms with Gasteiger partial charge in [0, 0.05) is 18.4 Å². The van der Waals surface area contributed by atoms with Crippen LogP contribution in [-0.2, 0) is 13.0 Å². The average molecular weight is 222 g/mol. The van der Waals surface area contributed by atoms with Crippen LogP contribution in [0.25, 0.3) is 0 Å². The molecule has 0 radical (unpaired) electrons. The van der Waals surface area contributed by atoms with Gasteiger partial charge in [-0.1, -0.05) is 32.1 Å². The number of hydrogen-bond donors (Lipinski definition) is 1. The van der Waals surface area contributed by atoms with Crippen LogP contribution in [0.1, 0.15) is 37.8 Å². The van der Waals surface area contributed by atoms with Crippen LogP contribution in [0.5, 0.6) is 0 Å². The van der Waals surface area contributed by atoms with Gasteiger partial charge in [0.2, 0.25) is 0 Å². The molecule has 0 spiro atoms. The Labute approximate surface area is 95.7 Å². The zero-order chi connectivity index (χ0) is 10.3. The molecule has 2 heterocycles. The van der Waals surface area contributed by atoms with Crippen LogP contribution in [0, 0.1) is 16.6 Å². The van der Waals surface area contributed by atoms with Gasteiger partial charge in [0.25, 0.3) is 0 Å². The summed E-state index contributed by atoms with van der Waals surface area (Å²) in [5.41, 5.74) is 1.43. The highest BCUT2D eigenvalue weighted by Crippen LogP contribution is 2.35. The quantitative estimate of drug-likeness (QED) is 0.723. The van der Waals surface area contributed by atoms with Crippen LogP contribution >= 0.6 is 12.2 Å². The SMILES string of the molecule is S=c1[nH]cc2n1CC(C1CCCCC1)C2. The number of aromatic nitrogens is 2. The number of nitrogens with one attached hydrogen (secondary N) is 1. The first-order valence-corrected chi connectivity index (χ1v) is 6.52. The van der Waals surface area contributed by atoms with E-state index in [1.807, 2.05) is 0 Å². The van der Waals surface area contributed by atoms with Crippen LogP contribution in [0.2, 0.25) is 0 Å². The minimum absolute atomic E-state index is 0.872. The van der Waals surface area contributed by atoms with Crippen molar-refractivity contribution >= 4 is 12.2 Å². The van der Waals surface area contributed by atoms with Crippen LogP contribution in [-0.4, -0.2) is 9.55 Å². The monoisotopic (exact) mass is 222 g/mol. The molecular formula is C12H18N2S. The summed E-state index contributed by atoms with van der Waals surface area (Å²) in [4.78, 5) is 3.14. The van der Waals surface area contributed by atoms with E-state index in [9.17, 15) is 0 Å². The van der Waals surface area contributed by atoms with Crippen LogP contribution in [0.3, 0.4) is 0 Å². The highest BCUT2D eigenvalue weighted by atomic mass is 32.1. The van der Waals surface area contributed by atoms with Gasteiger partial charge in [0.15, 0.2) is 4.77 Å². The van der Waals surface area contributed by atoms with Crippen molar-refractivity contribution in [1.29, 1.82) is 0 Å². The fourth-order valence-electron chi connectivity index (χ4n) is 3.29. The Balaban J connectivity index is 1.75. The second-order valence-electron chi connectivity index (χ2n) is 5.06. The number of H-pyrrole nitrogens is 1. The molecule has 1 saturated carbocycles. The van der Waals surface area contributed by atoms with E-state index in [1.54, 1.807) is 0 Å². The first-order valence-electron chi connectivity index (χ1n) is 6.11.